The fourth-order valence-electron chi connectivity index (χ4n) is 3.91. The summed E-state index contributed by atoms with van der Waals surface area (Å²) in [4.78, 5) is 0. The Kier molecular flexibility index (Phi) is 6.08. The minimum absolute atomic E-state index is 0.283. The fraction of sp³-hybridized carbons (Fsp3) is 0.185. The van der Waals surface area contributed by atoms with Crippen molar-refractivity contribution in [3.05, 3.63) is 107 Å². The third-order valence-corrected chi connectivity index (χ3v) is 5.58. The molecule has 0 heterocycles. The predicted octanol–water partition coefficient (Wildman–Crippen LogP) is 7.80. The summed E-state index contributed by atoms with van der Waals surface area (Å²) in [6, 6.07) is 17.7. The van der Waals surface area contributed by atoms with Gasteiger partial charge in [0, 0.05) is 10.9 Å². The van der Waals surface area contributed by atoms with Crippen molar-refractivity contribution < 1.29 is 17.6 Å². The summed E-state index contributed by atoms with van der Waals surface area (Å²) in [5, 5.41) is 1.14. The van der Waals surface area contributed by atoms with Crippen molar-refractivity contribution in [2.24, 2.45) is 0 Å². The van der Waals surface area contributed by atoms with Gasteiger partial charge >= 0.3 is 0 Å². The molecule has 4 rings (SSSR count). The molecule has 0 saturated carbocycles. The summed E-state index contributed by atoms with van der Waals surface area (Å²) < 4.78 is 56.1. The van der Waals surface area contributed by atoms with Crippen LogP contribution in [0.15, 0.2) is 66.7 Å². The first-order valence-electron chi connectivity index (χ1n) is 10.4. The highest BCUT2D eigenvalue weighted by molar-refractivity contribution is 5.88. The van der Waals surface area contributed by atoms with Gasteiger partial charge in [0.15, 0.2) is 11.6 Å². The van der Waals surface area contributed by atoms with Gasteiger partial charge in [-0.1, -0.05) is 55.8 Å². The van der Waals surface area contributed by atoms with Gasteiger partial charge in [-0.2, -0.15) is 0 Å². The Morgan fingerprint density at radius 1 is 0.613 bits per heavy atom. The number of hydrogen-bond acceptors (Lipinski definition) is 0. The van der Waals surface area contributed by atoms with Crippen molar-refractivity contribution in [1.82, 2.24) is 0 Å². The van der Waals surface area contributed by atoms with Crippen molar-refractivity contribution in [1.29, 1.82) is 0 Å². The van der Waals surface area contributed by atoms with E-state index in [0.29, 0.717) is 45.9 Å². The molecule has 4 heteroatoms. The number of fused-ring (bicyclic) bond motifs is 1. The molecule has 4 aromatic rings. The molecule has 0 aliphatic rings. The average molecular weight is 422 g/mol. The smallest absolute Gasteiger partial charge is 0.159 e. The van der Waals surface area contributed by atoms with Crippen molar-refractivity contribution in [3.8, 4) is 11.1 Å². The number of rotatable bonds is 6. The largest absolute Gasteiger partial charge is 0.206 e. The maximum atomic E-state index is 15.1. The Morgan fingerprint density at radius 3 is 2.10 bits per heavy atom. The molecule has 0 unspecified atom stereocenters. The average Bonchev–Trinajstić information content (AvgIpc) is 2.76. The fourth-order valence-corrected chi connectivity index (χ4v) is 3.91. The van der Waals surface area contributed by atoms with E-state index >= 15 is 4.39 Å². The highest BCUT2D eigenvalue weighted by Crippen LogP contribution is 2.30. The van der Waals surface area contributed by atoms with E-state index < -0.39 is 11.6 Å². The molecule has 158 valence electrons. The van der Waals surface area contributed by atoms with Gasteiger partial charge in [-0.25, -0.2) is 17.6 Å². The van der Waals surface area contributed by atoms with Crippen LogP contribution in [-0.2, 0) is 19.3 Å². The van der Waals surface area contributed by atoms with Crippen molar-refractivity contribution in [2.75, 3.05) is 0 Å². The summed E-state index contributed by atoms with van der Waals surface area (Å²) >= 11 is 0. The van der Waals surface area contributed by atoms with Crippen molar-refractivity contribution in [3.63, 3.8) is 0 Å². The Bertz CT molecular complexity index is 1240. The lowest BCUT2D eigenvalue weighted by molar-refractivity contribution is 0.507. The van der Waals surface area contributed by atoms with Gasteiger partial charge in [0.1, 0.15) is 11.6 Å². The van der Waals surface area contributed by atoms with Crippen LogP contribution in [0.3, 0.4) is 0 Å². The molecule has 31 heavy (non-hydrogen) atoms. The lowest BCUT2D eigenvalue weighted by Crippen LogP contribution is -1.97. The van der Waals surface area contributed by atoms with Crippen LogP contribution in [0.4, 0.5) is 17.6 Å². The molecule has 0 N–H and O–H groups in total. The van der Waals surface area contributed by atoms with Gasteiger partial charge in [0.05, 0.1) is 0 Å². The molecule has 0 atom stereocenters. The van der Waals surface area contributed by atoms with E-state index in [4.69, 9.17) is 0 Å². The van der Waals surface area contributed by atoms with Crippen LogP contribution in [0.5, 0.6) is 0 Å². The van der Waals surface area contributed by atoms with Crippen LogP contribution in [0.25, 0.3) is 21.9 Å². The summed E-state index contributed by atoms with van der Waals surface area (Å²) in [6.07, 6.45) is 2.54. The minimum atomic E-state index is -0.904. The maximum Gasteiger partial charge on any atom is 0.159 e. The molecule has 0 aliphatic carbocycles. The van der Waals surface area contributed by atoms with E-state index in [9.17, 15) is 13.2 Å². The molecule has 0 aromatic heterocycles. The second-order valence-corrected chi connectivity index (χ2v) is 7.79. The van der Waals surface area contributed by atoms with Crippen molar-refractivity contribution >= 4 is 10.8 Å². The minimum Gasteiger partial charge on any atom is -0.206 e. The zero-order valence-electron chi connectivity index (χ0n) is 17.2. The van der Waals surface area contributed by atoms with Crippen LogP contribution in [0.1, 0.15) is 30.0 Å². The van der Waals surface area contributed by atoms with E-state index in [0.717, 1.165) is 30.5 Å². The zero-order chi connectivity index (χ0) is 22.0. The third-order valence-electron chi connectivity index (χ3n) is 5.58. The van der Waals surface area contributed by atoms with E-state index in [1.165, 1.54) is 6.07 Å². The predicted molar refractivity (Wildman–Crippen MR) is 117 cm³/mol. The van der Waals surface area contributed by atoms with E-state index in [-0.39, 0.29) is 11.6 Å². The van der Waals surface area contributed by atoms with E-state index in [2.05, 4.69) is 6.92 Å². The van der Waals surface area contributed by atoms with Crippen LogP contribution in [0, 0.1) is 23.3 Å². The summed E-state index contributed by atoms with van der Waals surface area (Å²) in [7, 11) is 0. The number of benzene rings is 4. The van der Waals surface area contributed by atoms with Crippen LogP contribution in [-0.4, -0.2) is 0 Å². The molecule has 0 aliphatic heterocycles. The molecule has 0 fully saturated rings. The van der Waals surface area contributed by atoms with Gasteiger partial charge in [0.2, 0.25) is 0 Å². The molecule has 0 bridgehead atoms. The molecular formula is C27H22F4. The highest BCUT2D eigenvalue weighted by atomic mass is 19.2. The second-order valence-electron chi connectivity index (χ2n) is 7.79. The number of hydrogen-bond donors (Lipinski definition) is 0. The molecule has 0 radical (unpaired) electrons. The summed E-state index contributed by atoms with van der Waals surface area (Å²) in [5.74, 6) is -2.42. The molecule has 0 nitrogen and oxygen atoms in total. The Labute approximate surface area is 179 Å². The molecule has 0 spiro atoms. The van der Waals surface area contributed by atoms with Gasteiger partial charge in [-0.3, -0.25) is 0 Å². The standard InChI is InChI=1S/C27H22F4/c1-2-3-17-5-11-22(25(29)14-17)20-10-12-23-21(16-20)9-8-19(27(23)31)7-4-18-6-13-24(28)26(30)15-18/h5-6,8-16H,2-4,7H2,1H3. The van der Waals surface area contributed by atoms with Crippen LogP contribution in [0.2, 0.25) is 0 Å². The van der Waals surface area contributed by atoms with Gasteiger partial charge < -0.3 is 0 Å². The number of aryl methyl sites for hydroxylation is 3. The monoisotopic (exact) mass is 422 g/mol. The van der Waals surface area contributed by atoms with Crippen molar-refractivity contribution in [2.45, 2.75) is 32.6 Å². The Morgan fingerprint density at radius 2 is 1.35 bits per heavy atom. The lowest BCUT2D eigenvalue weighted by atomic mass is 9.96. The topological polar surface area (TPSA) is 0 Å². The summed E-state index contributed by atoms with van der Waals surface area (Å²) in [5.41, 5.74) is 3.25. The SMILES string of the molecule is CCCc1ccc(-c2ccc3c(F)c(CCc4ccc(F)c(F)c4)ccc3c2)c(F)c1. The van der Waals surface area contributed by atoms with Gasteiger partial charge in [-0.15, -0.1) is 0 Å². The Hall–Kier alpha value is -3.14. The van der Waals surface area contributed by atoms with E-state index in [1.54, 1.807) is 36.4 Å². The normalized spacial score (nSPS) is 11.3. The third kappa shape index (κ3) is 4.48. The maximum absolute atomic E-state index is 15.1. The molecular weight excluding hydrogens is 400 g/mol. The first-order valence-corrected chi connectivity index (χ1v) is 10.4. The number of halogens is 4. The first kappa shape index (κ1) is 21.1. The Balaban J connectivity index is 1.60. The van der Waals surface area contributed by atoms with Gasteiger partial charge in [0.25, 0.3) is 0 Å². The lowest BCUT2D eigenvalue weighted by Gasteiger charge is -2.10. The second kappa shape index (κ2) is 8.93. The zero-order valence-corrected chi connectivity index (χ0v) is 17.2. The molecule has 0 saturated heterocycles. The summed E-state index contributed by atoms with van der Waals surface area (Å²) in [6.45, 7) is 2.05. The first-order chi connectivity index (χ1) is 15.0. The van der Waals surface area contributed by atoms with Gasteiger partial charge in [-0.05, 0) is 71.2 Å². The quantitative estimate of drug-likeness (QED) is 0.278. The molecule has 4 aromatic carbocycles. The van der Waals surface area contributed by atoms with Crippen LogP contribution < -0.4 is 0 Å². The van der Waals surface area contributed by atoms with E-state index in [1.807, 2.05) is 12.1 Å². The van der Waals surface area contributed by atoms with Crippen LogP contribution >= 0.6 is 0 Å². The molecule has 0 amide bonds. The highest BCUT2D eigenvalue weighted by Gasteiger charge is 2.12.